The van der Waals surface area contributed by atoms with E-state index in [-0.39, 0.29) is 5.69 Å². The lowest BCUT2D eigenvalue weighted by Gasteiger charge is -2.07. The van der Waals surface area contributed by atoms with Crippen LogP contribution < -0.4 is 5.69 Å². The molecule has 0 N–H and O–H groups in total. The van der Waals surface area contributed by atoms with Crippen molar-refractivity contribution in [3.63, 3.8) is 0 Å². The van der Waals surface area contributed by atoms with Crippen molar-refractivity contribution >= 4 is 12.2 Å². The fourth-order valence-electron chi connectivity index (χ4n) is 1.53. The second kappa shape index (κ2) is 4.45. The summed E-state index contributed by atoms with van der Waals surface area (Å²) in [7, 11) is 1.72. The zero-order valence-electron chi connectivity index (χ0n) is 8.96. The van der Waals surface area contributed by atoms with Crippen molar-refractivity contribution in [1.82, 2.24) is 9.13 Å². The molecule has 1 aromatic carbocycles. The standard InChI is InChI=1S/C12H12N2OS/c1-13-8-7-11(16)14(12(13)15)9-10-5-3-2-4-6-10/h2-8H,9H2,1H3. The fraction of sp³-hybridized carbons (Fsp3) is 0.167. The van der Waals surface area contributed by atoms with E-state index in [2.05, 4.69) is 0 Å². The van der Waals surface area contributed by atoms with E-state index in [1.165, 1.54) is 4.57 Å². The van der Waals surface area contributed by atoms with Gasteiger partial charge in [0.25, 0.3) is 0 Å². The van der Waals surface area contributed by atoms with Gasteiger partial charge in [0.2, 0.25) is 0 Å². The van der Waals surface area contributed by atoms with Gasteiger partial charge in [-0.05, 0) is 11.6 Å². The van der Waals surface area contributed by atoms with E-state index < -0.39 is 0 Å². The lowest BCUT2D eigenvalue weighted by atomic mass is 10.2. The van der Waals surface area contributed by atoms with Gasteiger partial charge in [-0.1, -0.05) is 42.5 Å². The predicted molar refractivity (Wildman–Crippen MR) is 66.1 cm³/mol. The second-order valence-corrected chi connectivity index (χ2v) is 4.04. The average Bonchev–Trinajstić information content (AvgIpc) is 2.31. The van der Waals surface area contributed by atoms with Gasteiger partial charge in [0.1, 0.15) is 4.64 Å². The molecule has 1 heterocycles. The normalized spacial score (nSPS) is 10.3. The molecule has 2 rings (SSSR count). The monoisotopic (exact) mass is 232 g/mol. The Morgan fingerprint density at radius 3 is 2.56 bits per heavy atom. The molecule has 0 saturated carbocycles. The first-order valence-electron chi connectivity index (χ1n) is 4.99. The Morgan fingerprint density at radius 2 is 1.88 bits per heavy atom. The number of hydrogen-bond donors (Lipinski definition) is 0. The van der Waals surface area contributed by atoms with Crippen molar-refractivity contribution in [2.24, 2.45) is 7.05 Å². The van der Waals surface area contributed by atoms with E-state index in [0.29, 0.717) is 11.2 Å². The van der Waals surface area contributed by atoms with Gasteiger partial charge in [-0.2, -0.15) is 0 Å². The Bertz CT molecular complexity index is 598. The largest absolute Gasteiger partial charge is 0.329 e. The minimum absolute atomic E-state index is 0.0867. The Hall–Kier alpha value is -1.68. The molecule has 3 nitrogen and oxygen atoms in total. The zero-order valence-corrected chi connectivity index (χ0v) is 9.78. The third kappa shape index (κ3) is 2.12. The number of aromatic nitrogens is 2. The topological polar surface area (TPSA) is 26.9 Å². The van der Waals surface area contributed by atoms with Gasteiger partial charge in [0, 0.05) is 13.2 Å². The summed E-state index contributed by atoms with van der Waals surface area (Å²) in [5.74, 6) is 0. The number of rotatable bonds is 2. The molecule has 0 aliphatic heterocycles. The van der Waals surface area contributed by atoms with Gasteiger partial charge in [-0.3, -0.25) is 4.57 Å². The van der Waals surface area contributed by atoms with E-state index in [0.717, 1.165) is 5.56 Å². The van der Waals surface area contributed by atoms with Crippen molar-refractivity contribution in [3.8, 4) is 0 Å². The highest BCUT2D eigenvalue weighted by atomic mass is 32.1. The van der Waals surface area contributed by atoms with Crippen LogP contribution in [0.2, 0.25) is 0 Å². The van der Waals surface area contributed by atoms with Crippen molar-refractivity contribution < 1.29 is 0 Å². The molecule has 2 aromatic rings. The quantitative estimate of drug-likeness (QED) is 0.740. The van der Waals surface area contributed by atoms with Gasteiger partial charge < -0.3 is 4.57 Å². The van der Waals surface area contributed by atoms with Gasteiger partial charge in [-0.15, -0.1) is 0 Å². The SMILES string of the molecule is Cn1ccc(=S)n(Cc2ccccc2)c1=O. The number of benzene rings is 1. The van der Waals surface area contributed by atoms with Crippen LogP contribution in [0.5, 0.6) is 0 Å². The molecule has 0 fully saturated rings. The zero-order chi connectivity index (χ0) is 11.5. The van der Waals surface area contributed by atoms with Gasteiger partial charge in [-0.25, -0.2) is 4.79 Å². The Morgan fingerprint density at radius 1 is 1.19 bits per heavy atom. The smallest absolute Gasteiger partial charge is 0.304 e. The van der Waals surface area contributed by atoms with E-state index in [1.54, 1.807) is 23.9 Å². The van der Waals surface area contributed by atoms with Crippen molar-refractivity contribution in [3.05, 3.63) is 63.3 Å². The van der Waals surface area contributed by atoms with Gasteiger partial charge in [0.05, 0.1) is 6.54 Å². The van der Waals surface area contributed by atoms with Crippen LogP contribution in [0.25, 0.3) is 0 Å². The van der Waals surface area contributed by atoms with Crippen LogP contribution in [0.1, 0.15) is 5.56 Å². The van der Waals surface area contributed by atoms with Gasteiger partial charge >= 0.3 is 5.69 Å². The van der Waals surface area contributed by atoms with Crippen LogP contribution in [0.15, 0.2) is 47.4 Å². The predicted octanol–water partition coefficient (Wildman–Crippen LogP) is 1.96. The van der Waals surface area contributed by atoms with Crippen LogP contribution in [-0.2, 0) is 13.6 Å². The number of hydrogen-bond acceptors (Lipinski definition) is 2. The molecule has 0 bridgehead atoms. The first kappa shape index (κ1) is 10.8. The molecule has 0 atom stereocenters. The highest BCUT2D eigenvalue weighted by Crippen LogP contribution is 2.01. The van der Waals surface area contributed by atoms with Crippen molar-refractivity contribution in [1.29, 1.82) is 0 Å². The third-order valence-corrected chi connectivity index (χ3v) is 2.78. The minimum atomic E-state index is -0.0867. The summed E-state index contributed by atoms with van der Waals surface area (Å²) in [6.07, 6.45) is 1.69. The summed E-state index contributed by atoms with van der Waals surface area (Å²) < 4.78 is 3.68. The molecule has 0 aliphatic rings. The summed E-state index contributed by atoms with van der Waals surface area (Å²) in [6, 6.07) is 11.6. The Labute approximate surface area is 98.6 Å². The summed E-state index contributed by atoms with van der Waals surface area (Å²) in [5, 5.41) is 0. The van der Waals surface area contributed by atoms with Gasteiger partial charge in [0.15, 0.2) is 0 Å². The van der Waals surface area contributed by atoms with E-state index >= 15 is 0 Å². The Balaban J connectivity index is 2.47. The highest BCUT2D eigenvalue weighted by molar-refractivity contribution is 7.71. The molecule has 0 spiro atoms. The minimum Gasteiger partial charge on any atom is -0.304 e. The molecule has 82 valence electrons. The molecule has 4 heteroatoms. The fourth-order valence-corrected chi connectivity index (χ4v) is 1.73. The highest BCUT2D eigenvalue weighted by Gasteiger charge is 2.00. The summed E-state index contributed by atoms with van der Waals surface area (Å²) in [5.41, 5.74) is 0.984. The van der Waals surface area contributed by atoms with Crippen LogP contribution in [0.3, 0.4) is 0 Å². The van der Waals surface area contributed by atoms with E-state index in [9.17, 15) is 4.79 Å². The molecule has 0 amide bonds. The molecule has 0 unspecified atom stereocenters. The maximum atomic E-state index is 11.9. The maximum Gasteiger partial charge on any atom is 0.329 e. The molecule has 1 aromatic heterocycles. The molecule has 0 radical (unpaired) electrons. The van der Waals surface area contributed by atoms with Crippen LogP contribution in [-0.4, -0.2) is 9.13 Å². The van der Waals surface area contributed by atoms with Crippen LogP contribution in [0.4, 0.5) is 0 Å². The van der Waals surface area contributed by atoms with Crippen molar-refractivity contribution in [2.75, 3.05) is 0 Å². The molecular formula is C12H12N2OS. The third-order valence-electron chi connectivity index (χ3n) is 2.42. The molecule has 0 aliphatic carbocycles. The summed E-state index contributed by atoms with van der Waals surface area (Å²) >= 11 is 5.15. The maximum absolute atomic E-state index is 11.9. The average molecular weight is 232 g/mol. The summed E-state index contributed by atoms with van der Waals surface area (Å²) in [4.78, 5) is 11.9. The Kier molecular flexibility index (Phi) is 3.01. The van der Waals surface area contributed by atoms with Crippen molar-refractivity contribution in [2.45, 2.75) is 6.54 Å². The second-order valence-electron chi connectivity index (χ2n) is 3.62. The lowest BCUT2D eigenvalue weighted by Crippen LogP contribution is -2.29. The first-order valence-corrected chi connectivity index (χ1v) is 5.40. The first-order chi connectivity index (χ1) is 7.68. The lowest BCUT2D eigenvalue weighted by molar-refractivity contribution is 0.652. The summed E-state index contributed by atoms with van der Waals surface area (Å²) in [6.45, 7) is 0.521. The van der Waals surface area contributed by atoms with E-state index in [1.807, 2.05) is 30.3 Å². The molecule has 16 heavy (non-hydrogen) atoms. The van der Waals surface area contributed by atoms with Crippen LogP contribution >= 0.6 is 12.2 Å². The number of nitrogens with zero attached hydrogens (tertiary/aromatic N) is 2. The molecular weight excluding hydrogens is 220 g/mol. The number of aryl methyl sites for hydroxylation is 1. The van der Waals surface area contributed by atoms with E-state index in [4.69, 9.17) is 12.2 Å². The molecule has 0 saturated heterocycles. The van der Waals surface area contributed by atoms with Crippen LogP contribution in [0, 0.1) is 4.64 Å².